The van der Waals surface area contributed by atoms with Gasteiger partial charge in [-0.3, -0.25) is 10.1 Å². The summed E-state index contributed by atoms with van der Waals surface area (Å²) in [5, 5.41) is 19.9. The Morgan fingerprint density at radius 2 is 1.86 bits per heavy atom. The Bertz CT molecular complexity index is 743. The zero-order valence-corrected chi connectivity index (χ0v) is 13.0. The van der Waals surface area contributed by atoms with Crippen molar-refractivity contribution < 1.29 is 9.66 Å². The summed E-state index contributed by atoms with van der Waals surface area (Å²) in [7, 11) is 0. The minimum atomic E-state index is -0.533. The van der Waals surface area contributed by atoms with Gasteiger partial charge in [-0.05, 0) is 43.2 Å². The maximum absolute atomic E-state index is 11.0. The number of nitro groups is 1. The number of nitrogens with zero attached hydrogens (tertiary/aromatic N) is 2. The molecule has 0 unspecified atom stereocenters. The fraction of sp³-hybridized carbons (Fsp3) is 0.133. The number of nitriles is 1. The van der Waals surface area contributed by atoms with Crippen molar-refractivity contribution in [3.8, 4) is 17.6 Å². The molecule has 0 heterocycles. The van der Waals surface area contributed by atoms with E-state index in [2.05, 4.69) is 15.9 Å². The van der Waals surface area contributed by atoms with Crippen LogP contribution in [0.3, 0.4) is 0 Å². The standard InChI is InChI=1S/C15H11BrN2O3/c1-9-5-12(6-10(2)15(9)16)21-14-7-11(8-17)3-4-13(14)18(19)20/h3-7H,1-2H3. The highest BCUT2D eigenvalue weighted by Crippen LogP contribution is 2.34. The molecule has 0 atom stereocenters. The topological polar surface area (TPSA) is 76.2 Å². The number of rotatable bonds is 3. The van der Waals surface area contributed by atoms with Gasteiger partial charge in [0.2, 0.25) is 5.75 Å². The molecule has 106 valence electrons. The Morgan fingerprint density at radius 3 is 2.38 bits per heavy atom. The second-order valence-electron chi connectivity index (χ2n) is 4.52. The van der Waals surface area contributed by atoms with Crippen LogP contribution in [0.5, 0.6) is 11.5 Å². The van der Waals surface area contributed by atoms with Gasteiger partial charge in [0.1, 0.15) is 5.75 Å². The molecule has 5 nitrogen and oxygen atoms in total. The summed E-state index contributed by atoms with van der Waals surface area (Å²) in [4.78, 5) is 10.5. The van der Waals surface area contributed by atoms with Crippen molar-refractivity contribution in [1.82, 2.24) is 0 Å². The van der Waals surface area contributed by atoms with E-state index in [1.807, 2.05) is 19.9 Å². The Morgan fingerprint density at radius 1 is 1.24 bits per heavy atom. The van der Waals surface area contributed by atoms with E-state index in [9.17, 15) is 10.1 Å². The van der Waals surface area contributed by atoms with Crippen LogP contribution in [0.25, 0.3) is 0 Å². The minimum absolute atomic E-state index is 0.0557. The largest absolute Gasteiger partial charge is 0.450 e. The van der Waals surface area contributed by atoms with Gasteiger partial charge >= 0.3 is 5.69 Å². The molecule has 2 aromatic carbocycles. The molecular formula is C15H11BrN2O3. The highest BCUT2D eigenvalue weighted by molar-refractivity contribution is 9.10. The number of halogens is 1. The second kappa shape index (κ2) is 5.94. The fourth-order valence-electron chi connectivity index (χ4n) is 1.91. The van der Waals surface area contributed by atoms with Crippen molar-refractivity contribution >= 4 is 21.6 Å². The quantitative estimate of drug-likeness (QED) is 0.599. The summed E-state index contributed by atoms with van der Waals surface area (Å²) < 4.78 is 6.58. The molecule has 0 radical (unpaired) electrons. The number of hydrogen-bond acceptors (Lipinski definition) is 4. The predicted octanol–water partition coefficient (Wildman–Crippen LogP) is 4.64. The number of ether oxygens (including phenoxy) is 1. The van der Waals surface area contributed by atoms with Gasteiger partial charge in [-0.25, -0.2) is 0 Å². The molecule has 0 aliphatic heterocycles. The summed E-state index contributed by atoms with van der Waals surface area (Å²) in [5.74, 6) is 0.548. The van der Waals surface area contributed by atoms with Crippen molar-refractivity contribution in [1.29, 1.82) is 5.26 Å². The molecule has 0 bridgehead atoms. The minimum Gasteiger partial charge on any atom is -0.450 e. The van der Waals surface area contributed by atoms with Crippen molar-refractivity contribution in [2.24, 2.45) is 0 Å². The van der Waals surface area contributed by atoms with E-state index in [1.54, 1.807) is 12.1 Å². The Balaban J connectivity index is 2.48. The predicted molar refractivity (Wildman–Crippen MR) is 81.5 cm³/mol. The zero-order chi connectivity index (χ0) is 15.6. The molecule has 0 aromatic heterocycles. The van der Waals surface area contributed by atoms with Gasteiger partial charge in [0.05, 0.1) is 16.6 Å². The van der Waals surface area contributed by atoms with Crippen LogP contribution in [0.2, 0.25) is 0 Å². The number of benzene rings is 2. The van der Waals surface area contributed by atoms with E-state index in [4.69, 9.17) is 10.00 Å². The van der Waals surface area contributed by atoms with E-state index >= 15 is 0 Å². The molecule has 6 heteroatoms. The maximum Gasteiger partial charge on any atom is 0.311 e. The molecule has 21 heavy (non-hydrogen) atoms. The van der Waals surface area contributed by atoms with Crippen LogP contribution in [0.4, 0.5) is 5.69 Å². The van der Waals surface area contributed by atoms with E-state index in [1.165, 1.54) is 18.2 Å². The van der Waals surface area contributed by atoms with Gasteiger partial charge in [-0.1, -0.05) is 15.9 Å². The van der Waals surface area contributed by atoms with Gasteiger partial charge in [0.25, 0.3) is 0 Å². The van der Waals surface area contributed by atoms with Crippen molar-refractivity contribution in [3.63, 3.8) is 0 Å². The molecule has 2 rings (SSSR count). The van der Waals surface area contributed by atoms with Gasteiger partial charge in [0, 0.05) is 16.6 Å². The molecule has 0 amide bonds. The molecule has 0 N–H and O–H groups in total. The van der Waals surface area contributed by atoms with E-state index in [0.29, 0.717) is 11.3 Å². The van der Waals surface area contributed by atoms with Crippen LogP contribution in [-0.2, 0) is 0 Å². The first-order valence-corrected chi connectivity index (χ1v) is 6.85. The second-order valence-corrected chi connectivity index (χ2v) is 5.32. The lowest BCUT2D eigenvalue weighted by Gasteiger charge is -2.10. The lowest BCUT2D eigenvalue weighted by Crippen LogP contribution is -1.95. The van der Waals surface area contributed by atoms with Gasteiger partial charge < -0.3 is 4.74 Å². The SMILES string of the molecule is Cc1cc(Oc2cc(C#N)ccc2[N+](=O)[O-])cc(C)c1Br. The maximum atomic E-state index is 11.0. The molecule has 0 fully saturated rings. The van der Waals surface area contributed by atoms with Crippen LogP contribution in [0, 0.1) is 35.3 Å². The highest BCUT2D eigenvalue weighted by Gasteiger charge is 2.17. The monoisotopic (exact) mass is 346 g/mol. The first-order valence-electron chi connectivity index (χ1n) is 6.05. The van der Waals surface area contributed by atoms with Crippen LogP contribution >= 0.6 is 15.9 Å². The third kappa shape index (κ3) is 3.20. The molecule has 0 saturated heterocycles. The van der Waals surface area contributed by atoms with Crippen molar-refractivity contribution in [2.75, 3.05) is 0 Å². The zero-order valence-electron chi connectivity index (χ0n) is 11.4. The Hall–Kier alpha value is -2.39. The Kier molecular flexibility index (Phi) is 4.24. The third-order valence-corrected chi connectivity index (χ3v) is 4.17. The lowest BCUT2D eigenvalue weighted by atomic mass is 10.1. The first kappa shape index (κ1) is 15.0. The van der Waals surface area contributed by atoms with E-state index in [0.717, 1.165) is 15.6 Å². The normalized spacial score (nSPS) is 10.0. The fourth-order valence-corrected chi connectivity index (χ4v) is 2.14. The van der Waals surface area contributed by atoms with E-state index < -0.39 is 4.92 Å². The summed E-state index contributed by atoms with van der Waals surface area (Å²) in [5.41, 5.74) is 2.06. The molecule has 0 spiro atoms. The smallest absolute Gasteiger partial charge is 0.311 e. The van der Waals surface area contributed by atoms with Crippen molar-refractivity contribution in [2.45, 2.75) is 13.8 Å². The lowest BCUT2D eigenvalue weighted by molar-refractivity contribution is -0.385. The van der Waals surface area contributed by atoms with Gasteiger partial charge in [0.15, 0.2) is 0 Å². The van der Waals surface area contributed by atoms with Crippen LogP contribution in [0.15, 0.2) is 34.8 Å². The van der Waals surface area contributed by atoms with Gasteiger partial charge in [-0.15, -0.1) is 0 Å². The van der Waals surface area contributed by atoms with Gasteiger partial charge in [-0.2, -0.15) is 5.26 Å². The third-order valence-electron chi connectivity index (χ3n) is 2.92. The number of aryl methyl sites for hydroxylation is 2. The molecule has 0 saturated carbocycles. The van der Waals surface area contributed by atoms with Crippen LogP contribution < -0.4 is 4.74 Å². The number of hydrogen-bond donors (Lipinski definition) is 0. The summed E-state index contributed by atoms with van der Waals surface area (Å²) in [6.07, 6.45) is 0. The van der Waals surface area contributed by atoms with Crippen LogP contribution in [-0.4, -0.2) is 4.92 Å². The molecule has 0 aliphatic carbocycles. The first-order chi connectivity index (χ1) is 9.92. The average molecular weight is 347 g/mol. The molecule has 0 aliphatic rings. The average Bonchev–Trinajstić information content (AvgIpc) is 2.44. The highest BCUT2D eigenvalue weighted by atomic mass is 79.9. The van der Waals surface area contributed by atoms with Crippen molar-refractivity contribution in [3.05, 3.63) is 61.6 Å². The summed E-state index contributed by atoms with van der Waals surface area (Å²) >= 11 is 3.45. The molecular weight excluding hydrogens is 336 g/mol. The number of nitro benzene ring substituents is 1. The summed E-state index contributed by atoms with van der Waals surface area (Å²) in [6, 6.07) is 9.52. The van der Waals surface area contributed by atoms with E-state index in [-0.39, 0.29) is 11.4 Å². The Labute approximate surface area is 130 Å². The molecule has 2 aromatic rings. The van der Waals surface area contributed by atoms with Crippen LogP contribution in [0.1, 0.15) is 16.7 Å². The summed E-state index contributed by atoms with van der Waals surface area (Å²) in [6.45, 7) is 3.81.